The largest absolute Gasteiger partial charge is 0.387 e. The topological polar surface area (TPSA) is 93.6 Å². The van der Waals surface area contributed by atoms with Gasteiger partial charge in [-0.2, -0.15) is 0 Å². The minimum Gasteiger partial charge on any atom is -0.387 e. The van der Waals surface area contributed by atoms with Crippen LogP contribution in [0.25, 0.3) is 0 Å². The Balaban J connectivity index is 1.56. The van der Waals surface area contributed by atoms with E-state index >= 15 is 0 Å². The fourth-order valence-corrected chi connectivity index (χ4v) is 5.39. The van der Waals surface area contributed by atoms with Crippen molar-refractivity contribution in [2.75, 3.05) is 6.61 Å². The van der Waals surface area contributed by atoms with Crippen LogP contribution in [-0.4, -0.2) is 33.0 Å². The number of aromatic amines is 1. The molecule has 7 heteroatoms. The average Bonchev–Trinajstić information content (AvgIpc) is 3.28. The van der Waals surface area contributed by atoms with Crippen molar-refractivity contribution >= 4 is 0 Å². The van der Waals surface area contributed by atoms with E-state index in [1.54, 1.807) is 13.0 Å². The summed E-state index contributed by atoms with van der Waals surface area (Å²) in [5.41, 5.74) is -0.220. The molecule has 0 bridgehead atoms. The number of ether oxygens (including phenoxy) is 2. The van der Waals surface area contributed by atoms with Crippen molar-refractivity contribution in [2.45, 2.75) is 43.3 Å². The molecule has 1 aromatic heterocycles. The lowest BCUT2D eigenvalue weighted by molar-refractivity contribution is -0.120. The van der Waals surface area contributed by atoms with Crippen LogP contribution < -0.4 is 11.2 Å². The Hall–Kier alpha value is -4.04. The van der Waals surface area contributed by atoms with E-state index in [4.69, 9.17) is 9.47 Å². The molecule has 0 aliphatic carbocycles. The Kier molecular flexibility index (Phi) is 7.48. The Morgan fingerprint density at radius 2 is 1.51 bits per heavy atom. The van der Waals surface area contributed by atoms with Crippen molar-refractivity contribution < 1.29 is 14.6 Å². The first-order valence-electron chi connectivity index (χ1n) is 13.0. The van der Waals surface area contributed by atoms with Crippen molar-refractivity contribution in [2.24, 2.45) is 0 Å². The Morgan fingerprint density at radius 3 is 2.00 bits per heavy atom. The van der Waals surface area contributed by atoms with Gasteiger partial charge in [-0.3, -0.25) is 14.3 Å². The zero-order valence-electron chi connectivity index (χ0n) is 21.8. The van der Waals surface area contributed by atoms with Crippen LogP contribution in [0.4, 0.5) is 0 Å². The summed E-state index contributed by atoms with van der Waals surface area (Å²) in [6.07, 6.45) is 1.91. The van der Waals surface area contributed by atoms with Crippen LogP contribution in [0.2, 0.25) is 0 Å². The van der Waals surface area contributed by atoms with Crippen LogP contribution >= 0.6 is 0 Å². The van der Waals surface area contributed by atoms with E-state index in [9.17, 15) is 14.7 Å². The van der Waals surface area contributed by atoms with Gasteiger partial charge in [-0.05, 0) is 30.0 Å². The van der Waals surface area contributed by atoms with Gasteiger partial charge in [-0.15, -0.1) is 6.58 Å². The van der Waals surface area contributed by atoms with E-state index in [1.807, 2.05) is 91.0 Å². The molecule has 7 nitrogen and oxygen atoms in total. The van der Waals surface area contributed by atoms with Crippen LogP contribution in [0.1, 0.15) is 41.3 Å². The maximum absolute atomic E-state index is 12.6. The minimum absolute atomic E-state index is 0.0244. The highest BCUT2D eigenvalue weighted by atomic mass is 16.6. The van der Waals surface area contributed by atoms with E-state index in [1.165, 1.54) is 10.8 Å². The third-order valence-corrected chi connectivity index (χ3v) is 7.39. The molecule has 0 radical (unpaired) electrons. The smallest absolute Gasteiger partial charge is 0.330 e. The number of aryl methyl sites for hydroxylation is 1. The summed E-state index contributed by atoms with van der Waals surface area (Å²) < 4.78 is 14.5. The van der Waals surface area contributed by atoms with Gasteiger partial charge >= 0.3 is 5.69 Å². The molecule has 1 aliphatic rings. The summed E-state index contributed by atoms with van der Waals surface area (Å²) in [6.45, 7) is 5.47. The first-order valence-corrected chi connectivity index (χ1v) is 13.0. The zero-order valence-corrected chi connectivity index (χ0v) is 21.8. The summed E-state index contributed by atoms with van der Waals surface area (Å²) in [7, 11) is 0. The second-order valence-corrected chi connectivity index (χ2v) is 9.95. The van der Waals surface area contributed by atoms with Gasteiger partial charge in [-0.1, -0.05) is 97.1 Å². The molecular formula is C32H32N2O5. The summed E-state index contributed by atoms with van der Waals surface area (Å²) in [6, 6.07) is 29.9. The zero-order chi connectivity index (χ0) is 27.5. The van der Waals surface area contributed by atoms with E-state index in [-0.39, 0.29) is 19.4 Å². The summed E-state index contributed by atoms with van der Waals surface area (Å²) in [5.74, 6) is 0. The van der Waals surface area contributed by atoms with E-state index in [0.29, 0.717) is 5.56 Å². The van der Waals surface area contributed by atoms with Crippen molar-refractivity contribution in [3.8, 4) is 0 Å². The number of rotatable bonds is 9. The van der Waals surface area contributed by atoms with Gasteiger partial charge < -0.3 is 14.6 Å². The normalized spacial score (nSPS) is 21.1. The number of aromatic nitrogens is 2. The second kappa shape index (κ2) is 11.0. The van der Waals surface area contributed by atoms with Gasteiger partial charge in [0.05, 0.1) is 6.61 Å². The number of nitrogens with one attached hydrogen (secondary N) is 1. The van der Waals surface area contributed by atoms with Gasteiger partial charge in [0.25, 0.3) is 5.56 Å². The third kappa shape index (κ3) is 5.04. The maximum atomic E-state index is 12.6. The maximum Gasteiger partial charge on any atom is 0.330 e. The summed E-state index contributed by atoms with van der Waals surface area (Å²) in [4.78, 5) is 26.9. The highest BCUT2D eigenvalue weighted by Crippen LogP contribution is 2.44. The van der Waals surface area contributed by atoms with Crippen LogP contribution in [-0.2, 0) is 15.1 Å². The van der Waals surface area contributed by atoms with Gasteiger partial charge in [0, 0.05) is 18.2 Å². The standard InChI is InChI=1S/C32H32N2O5/c1-3-19-31(37)20-28(34-21-23(2)29(35)33-30(34)36)39-27(31)22-38-32(24-13-7-4-8-14-24,25-15-9-5-10-16-25)26-17-11-6-12-18-26/h3-18,21,27-28,37H,1,19-20,22H2,2H3,(H,33,35,36)/t27-,28-,31-/m1/s1. The predicted molar refractivity (Wildman–Crippen MR) is 150 cm³/mol. The molecule has 200 valence electrons. The van der Waals surface area contributed by atoms with Gasteiger partial charge in [0.1, 0.15) is 23.5 Å². The molecule has 0 amide bonds. The number of nitrogens with zero attached hydrogens (tertiary/aromatic N) is 1. The number of hydrogen-bond donors (Lipinski definition) is 2. The Labute approximate surface area is 227 Å². The van der Waals surface area contributed by atoms with Crippen LogP contribution in [0.5, 0.6) is 0 Å². The Morgan fingerprint density at radius 1 is 1.00 bits per heavy atom. The Bertz CT molecular complexity index is 1440. The van der Waals surface area contributed by atoms with Crippen molar-refractivity contribution in [1.82, 2.24) is 9.55 Å². The van der Waals surface area contributed by atoms with Crippen molar-refractivity contribution in [3.63, 3.8) is 0 Å². The van der Waals surface area contributed by atoms with E-state index in [0.717, 1.165) is 16.7 Å². The van der Waals surface area contributed by atoms with Crippen LogP contribution in [0.15, 0.2) is 119 Å². The molecule has 39 heavy (non-hydrogen) atoms. The van der Waals surface area contributed by atoms with Crippen molar-refractivity contribution in [3.05, 3.63) is 153 Å². The highest BCUT2D eigenvalue weighted by molar-refractivity contribution is 5.47. The molecule has 0 unspecified atom stereocenters. The molecule has 2 N–H and O–H groups in total. The van der Waals surface area contributed by atoms with Crippen LogP contribution in [0.3, 0.4) is 0 Å². The lowest BCUT2D eigenvalue weighted by Gasteiger charge is -2.38. The van der Waals surface area contributed by atoms with E-state index in [2.05, 4.69) is 11.6 Å². The SMILES string of the molecule is C=CC[C@@]1(O)C[C@H](n2cc(C)c(=O)[nH]c2=O)O[C@@H]1COC(c1ccccc1)(c1ccccc1)c1ccccc1. The molecule has 3 atom stereocenters. The first kappa shape index (κ1) is 26.6. The van der Waals surface area contributed by atoms with Gasteiger partial charge in [-0.25, -0.2) is 4.79 Å². The third-order valence-electron chi connectivity index (χ3n) is 7.39. The molecule has 0 spiro atoms. The molecule has 5 rings (SSSR count). The molecule has 0 saturated carbocycles. The fourth-order valence-electron chi connectivity index (χ4n) is 5.39. The predicted octanol–water partition coefficient (Wildman–Crippen LogP) is 4.45. The highest BCUT2D eigenvalue weighted by Gasteiger charge is 2.49. The molecule has 1 saturated heterocycles. The summed E-state index contributed by atoms with van der Waals surface area (Å²) in [5, 5.41) is 11.7. The number of aliphatic hydroxyl groups is 1. The van der Waals surface area contributed by atoms with Gasteiger partial charge in [0.2, 0.25) is 0 Å². The monoisotopic (exact) mass is 524 g/mol. The summed E-state index contributed by atoms with van der Waals surface area (Å²) >= 11 is 0. The molecule has 4 aromatic rings. The first-order chi connectivity index (χ1) is 18.9. The second-order valence-electron chi connectivity index (χ2n) is 9.95. The minimum atomic E-state index is -1.34. The molecule has 1 fully saturated rings. The molecular weight excluding hydrogens is 492 g/mol. The lowest BCUT2D eigenvalue weighted by atomic mass is 9.80. The number of H-pyrrole nitrogens is 1. The fraction of sp³-hybridized carbons (Fsp3) is 0.250. The lowest BCUT2D eigenvalue weighted by Crippen LogP contribution is -2.44. The van der Waals surface area contributed by atoms with Crippen molar-refractivity contribution in [1.29, 1.82) is 0 Å². The molecule has 1 aliphatic heterocycles. The number of benzene rings is 3. The average molecular weight is 525 g/mol. The molecule has 3 aromatic carbocycles. The van der Waals surface area contributed by atoms with Gasteiger partial charge in [0.15, 0.2) is 0 Å². The number of hydrogen-bond acceptors (Lipinski definition) is 5. The van der Waals surface area contributed by atoms with Crippen LogP contribution in [0, 0.1) is 6.92 Å². The molecule has 2 heterocycles. The van der Waals surface area contributed by atoms with E-state index < -0.39 is 34.8 Å². The quantitative estimate of drug-likeness (QED) is 0.249.